The quantitative estimate of drug-likeness (QED) is 0.917. The third-order valence-corrected chi connectivity index (χ3v) is 5.27. The first-order valence-electron chi connectivity index (χ1n) is 8.33. The summed E-state index contributed by atoms with van der Waals surface area (Å²) in [6.45, 7) is 3.06. The summed E-state index contributed by atoms with van der Waals surface area (Å²) >= 11 is 0. The van der Waals surface area contributed by atoms with E-state index in [4.69, 9.17) is 4.74 Å². The van der Waals surface area contributed by atoms with Crippen molar-refractivity contribution in [2.45, 2.75) is 19.4 Å². The van der Waals surface area contributed by atoms with Crippen LogP contribution in [0.25, 0.3) is 0 Å². The van der Waals surface area contributed by atoms with Crippen LogP contribution in [0.4, 0.5) is 0 Å². The minimum Gasteiger partial charge on any atom is -0.492 e. The van der Waals surface area contributed by atoms with Gasteiger partial charge in [-0.15, -0.1) is 0 Å². The second-order valence-electron chi connectivity index (χ2n) is 6.56. The van der Waals surface area contributed by atoms with Gasteiger partial charge in [-0.25, -0.2) is 0 Å². The summed E-state index contributed by atoms with van der Waals surface area (Å²) in [6, 6.07) is 9.14. The van der Waals surface area contributed by atoms with Crippen LogP contribution in [0.15, 0.2) is 36.5 Å². The smallest absolute Gasteiger partial charge is 0.315 e. The number of carbonyl (C=O) groups is 2. The monoisotopic (exact) mass is 341 g/mol. The predicted octanol–water partition coefficient (Wildman–Crippen LogP) is 1.61. The van der Waals surface area contributed by atoms with Crippen LogP contribution in [0.5, 0.6) is 5.75 Å². The second kappa shape index (κ2) is 5.61. The molecule has 130 valence electrons. The normalized spacial score (nSPS) is 24.4. The highest BCUT2D eigenvalue weighted by atomic mass is 16.5. The molecule has 25 heavy (non-hydrogen) atoms. The van der Waals surface area contributed by atoms with Crippen LogP contribution in [0.2, 0.25) is 0 Å². The average molecular weight is 341 g/mol. The van der Waals surface area contributed by atoms with Gasteiger partial charge in [0.2, 0.25) is 0 Å². The van der Waals surface area contributed by atoms with Gasteiger partial charge in [-0.2, -0.15) is 5.10 Å². The highest BCUT2D eigenvalue weighted by Crippen LogP contribution is 2.49. The lowest BCUT2D eigenvalue weighted by molar-refractivity contribution is -0.151. The van der Waals surface area contributed by atoms with E-state index in [0.29, 0.717) is 24.5 Å². The third-order valence-electron chi connectivity index (χ3n) is 5.27. The van der Waals surface area contributed by atoms with Gasteiger partial charge >= 0.3 is 5.97 Å². The van der Waals surface area contributed by atoms with Crippen LogP contribution < -0.4 is 4.74 Å². The van der Waals surface area contributed by atoms with E-state index >= 15 is 0 Å². The number of hydrogen-bond donors (Lipinski definition) is 1. The van der Waals surface area contributed by atoms with Crippen molar-refractivity contribution in [2.75, 3.05) is 19.7 Å². The second-order valence-corrected chi connectivity index (χ2v) is 6.56. The lowest BCUT2D eigenvalue weighted by atomic mass is 9.73. The maximum atomic E-state index is 12.9. The van der Waals surface area contributed by atoms with E-state index in [9.17, 15) is 14.7 Å². The SMILES string of the molecule is CCn1nccc1C(=O)N1C[C@@H]2c3ccccc3OC[C@]2(C(=O)O)C1. The Bertz CT molecular complexity index is 846. The first kappa shape index (κ1) is 15.7. The number of aromatic nitrogens is 2. The molecule has 7 nitrogen and oxygen atoms in total. The number of aryl methyl sites for hydroxylation is 1. The van der Waals surface area contributed by atoms with Crippen molar-refractivity contribution >= 4 is 11.9 Å². The van der Waals surface area contributed by atoms with Crippen molar-refractivity contribution in [3.63, 3.8) is 0 Å². The molecule has 0 aliphatic carbocycles. The molecule has 0 radical (unpaired) electrons. The van der Waals surface area contributed by atoms with Gasteiger partial charge in [0.05, 0.1) is 0 Å². The zero-order chi connectivity index (χ0) is 17.6. The van der Waals surface area contributed by atoms with E-state index in [1.54, 1.807) is 21.8 Å². The Morgan fingerprint density at radius 1 is 1.36 bits per heavy atom. The highest BCUT2D eigenvalue weighted by Gasteiger charge is 2.57. The minimum absolute atomic E-state index is 0.0703. The number of fused-ring (bicyclic) bond motifs is 3. The molecule has 2 aliphatic heterocycles. The maximum Gasteiger partial charge on any atom is 0.315 e. The van der Waals surface area contributed by atoms with E-state index in [-0.39, 0.29) is 25.0 Å². The third kappa shape index (κ3) is 2.22. The molecular weight excluding hydrogens is 322 g/mol. The Kier molecular flexibility index (Phi) is 3.52. The number of amides is 1. The zero-order valence-electron chi connectivity index (χ0n) is 13.9. The summed E-state index contributed by atoms with van der Waals surface area (Å²) in [5.41, 5.74) is 0.229. The highest BCUT2D eigenvalue weighted by molar-refractivity contribution is 5.94. The van der Waals surface area contributed by atoms with Gasteiger partial charge in [0.25, 0.3) is 5.91 Å². The van der Waals surface area contributed by atoms with Gasteiger partial charge < -0.3 is 14.7 Å². The average Bonchev–Trinajstić information content (AvgIpc) is 3.26. The molecule has 1 aromatic heterocycles. The molecule has 7 heteroatoms. The molecule has 2 atom stereocenters. The van der Waals surface area contributed by atoms with Crippen LogP contribution in [0.1, 0.15) is 28.9 Å². The van der Waals surface area contributed by atoms with Crippen molar-refractivity contribution in [1.29, 1.82) is 0 Å². The number of carbonyl (C=O) groups excluding carboxylic acids is 1. The summed E-state index contributed by atoms with van der Waals surface area (Å²) in [4.78, 5) is 26.7. The van der Waals surface area contributed by atoms with Gasteiger partial charge in [-0.1, -0.05) is 18.2 Å². The molecule has 4 rings (SSSR count). The van der Waals surface area contributed by atoms with Crippen LogP contribution in [0.3, 0.4) is 0 Å². The van der Waals surface area contributed by atoms with Crippen LogP contribution in [0, 0.1) is 5.41 Å². The lowest BCUT2D eigenvalue weighted by Crippen LogP contribution is -2.46. The van der Waals surface area contributed by atoms with Crippen LogP contribution >= 0.6 is 0 Å². The summed E-state index contributed by atoms with van der Waals surface area (Å²) < 4.78 is 7.36. The number of likely N-dealkylation sites (tertiary alicyclic amines) is 1. The standard InChI is InChI=1S/C18H19N3O4/c1-2-21-14(7-8-19-21)16(22)20-9-13-12-5-3-4-6-15(12)25-11-18(13,10-20)17(23)24/h3-8,13H,2,9-11H2,1H3,(H,23,24)/t13-,18-/m1/s1. The fourth-order valence-electron chi connectivity index (χ4n) is 3.92. The molecule has 3 heterocycles. The summed E-state index contributed by atoms with van der Waals surface area (Å²) in [7, 11) is 0. The lowest BCUT2D eigenvalue weighted by Gasteiger charge is -2.35. The van der Waals surface area contributed by atoms with E-state index in [1.807, 2.05) is 31.2 Å². The minimum atomic E-state index is -1.11. The number of rotatable bonds is 3. The molecule has 0 unspecified atom stereocenters. The number of hydrogen-bond acceptors (Lipinski definition) is 4. The number of nitrogens with zero attached hydrogens (tertiary/aromatic N) is 3. The van der Waals surface area contributed by atoms with Crippen molar-refractivity contribution in [2.24, 2.45) is 5.41 Å². The first-order chi connectivity index (χ1) is 12.1. The number of carboxylic acids is 1. The number of benzene rings is 1. The number of carboxylic acid groups (broad SMARTS) is 1. The van der Waals surface area contributed by atoms with Crippen LogP contribution in [-0.2, 0) is 11.3 Å². The Balaban J connectivity index is 1.72. The molecule has 1 amide bonds. The molecule has 1 saturated heterocycles. The molecular formula is C18H19N3O4. The Morgan fingerprint density at radius 3 is 2.92 bits per heavy atom. The van der Waals surface area contributed by atoms with Crippen molar-refractivity contribution in [3.8, 4) is 5.75 Å². The molecule has 2 aromatic rings. The summed E-state index contributed by atoms with van der Waals surface area (Å²) in [5, 5.41) is 14.1. The number of aliphatic carboxylic acids is 1. The van der Waals surface area contributed by atoms with E-state index < -0.39 is 11.4 Å². The van der Waals surface area contributed by atoms with Gasteiger partial charge in [0, 0.05) is 37.3 Å². The number of para-hydroxylation sites is 1. The molecule has 1 fully saturated rings. The van der Waals surface area contributed by atoms with E-state index in [0.717, 1.165) is 5.56 Å². The summed E-state index contributed by atoms with van der Waals surface area (Å²) in [6.07, 6.45) is 1.59. The largest absolute Gasteiger partial charge is 0.492 e. The van der Waals surface area contributed by atoms with Crippen molar-refractivity contribution in [1.82, 2.24) is 14.7 Å². The fourth-order valence-corrected chi connectivity index (χ4v) is 3.92. The zero-order valence-corrected chi connectivity index (χ0v) is 13.9. The van der Waals surface area contributed by atoms with Gasteiger partial charge in [-0.3, -0.25) is 14.3 Å². The van der Waals surface area contributed by atoms with Gasteiger partial charge in [-0.05, 0) is 19.1 Å². The van der Waals surface area contributed by atoms with Gasteiger partial charge in [0.1, 0.15) is 23.5 Å². The number of ether oxygens (including phenoxy) is 1. The Morgan fingerprint density at radius 2 is 2.16 bits per heavy atom. The molecule has 2 aliphatic rings. The van der Waals surface area contributed by atoms with E-state index in [2.05, 4.69) is 5.10 Å². The molecule has 1 aromatic carbocycles. The van der Waals surface area contributed by atoms with Crippen molar-refractivity contribution < 1.29 is 19.4 Å². The molecule has 0 bridgehead atoms. The van der Waals surface area contributed by atoms with Crippen molar-refractivity contribution in [3.05, 3.63) is 47.8 Å². The van der Waals surface area contributed by atoms with Crippen LogP contribution in [-0.4, -0.2) is 51.4 Å². The Labute approximate surface area is 144 Å². The first-order valence-corrected chi connectivity index (χ1v) is 8.33. The maximum absolute atomic E-state index is 12.9. The molecule has 0 saturated carbocycles. The fraction of sp³-hybridized carbons (Fsp3) is 0.389. The molecule has 1 N–H and O–H groups in total. The van der Waals surface area contributed by atoms with E-state index in [1.165, 1.54) is 0 Å². The predicted molar refractivity (Wildman–Crippen MR) is 88.6 cm³/mol. The van der Waals surface area contributed by atoms with Gasteiger partial charge in [0.15, 0.2) is 0 Å². The Hall–Kier alpha value is -2.83. The molecule has 0 spiro atoms. The summed E-state index contributed by atoms with van der Waals surface area (Å²) in [5.74, 6) is -0.688. The topological polar surface area (TPSA) is 84.7 Å².